The van der Waals surface area contributed by atoms with Gasteiger partial charge in [0.15, 0.2) is 17.7 Å². The summed E-state index contributed by atoms with van der Waals surface area (Å²) in [7, 11) is 1.97. The van der Waals surface area contributed by atoms with Crippen LogP contribution < -0.4 is 9.64 Å². The normalized spacial score (nSPS) is 21.6. The zero-order valence-corrected chi connectivity index (χ0v) is 29.8. The highest BCUT2D eigenvalue weighted by atomic mass is 19.1. The van der Waals surface area contributed by atoms with E-state index in [1.165, 1.54) is 6.07 Å². The summed E-state index contributed by atoms with van der Waals surface area (Å²) >= 11 is 0. The third-order valence-electron chi connectivity index (χ3n) is 11.1. The fraction of sp³-hybridized carbons (Fsp3) is 0.513. The van der Waals surface area contributed by atoms with E-state index in [-0.39, 0.29) is 5.75 Å². The van der Waals surface area contributed by atoms with Crippen molar-refractivity contribution >= 4 is 22.8 Å². The Kier molecular flexibility index (Phi) is 8.15. The quantitative estimate of drug-likeness (QED) is 0.248. The Morgan fingerprint density at radius 3 is 2.50 bits per heavy atom. The first-order valence-electron chi connectivity index (χ1n) is 17.8. The second kappa shape index (κ2) is 12.3. The maximum absolute atomic E-state index is 15.9. The van der Waals surface area contributed by atoms with Gasteiger partial charge in [0, 0.05) is 72.8 Å². The highest BCUT2D eigenvalue weighted by Gasteiger charge is 2.44. The van der Waals surface area contributed by atoms with Gasteiger partial charge in [-0.1, -0.05) is 0 Å². The summed E-state index contributed by atoms with van der Waals surface area (Å²) < 4.78 is 35.3. The molecule has 0 bridgehead atoms. The molecule has 0 spiro atoms. The number of carboxylic acids is 1. The van der Waals surface area contributed by atoms with Crippen LogP contribution in [0.15, 0.2) is 30.5 Å². The van der Waals surface area contributed by atoms with Crippen molar-refractivity contribution in [3.05, 3.63) is 58.7 Å². The summed E-state index contributed by atoms with van der Waals surface area (Å²) in [4.78, 5) is 27.8. The van der Waals surface area contributed by atoms with Gasteiger partial charge in [-0.25, -0.2) is 19.2 Å². The van der Waals surface area contributed by atoms with Crippen molar-refractivity contribution in [1.82, 2.24) is 19.4 Å². The molecule has 0 amide bonds. The highest BCUT2D eigenvalue weighted by Crippen LogP contribution is 2.46. The molecule has 3 aromatic heterocycles. The van der Waals surface area contributed by atoms with E-state index >= 15 is 4.39 Å². The molecule has 11 heteroatoms. The lowest BCUT2D eigenvalue weighted by Gasteiger charge is -2.35. The van der Waals surface area contributed by atoms with E-state index < -0.39 is 23.5 Å². The van der Waals surface area contributed by atoms with Crippen LogP contribution in [0.2, 0.25) is 0 Å². The van der Waals surface area contributed by atoms with Gasteiger partial charge in [0.25, 0.3) is 0 Å². The minimum Gasteiger partial charge on any atom is -0.490 e. The van der Waals surface area contributed by atoms with E-state index in [1.807, 2.05) is 58.5 Å². The number of pyridine rings is 2. The number of benzene rings is 1. The number of likely N-dealkylation sites (tertiary alicyclic amines) is 1. The van der Waals surface area contributed by atoms with Gasteiger partial charge in [-0.05, 0) is 94.7 Å². The first-order chi connectivity index (χ1) is 23.9. The van der Waals surface area contributed by atoms with Crippen LogP contribution >= 0.6 is 0 Å². The molecular formula is C39H46FN5O5. The average Bonchev–Trinajstić information content (AvgIpc) is 3.72. The van der Waals surface area contributed by atoms with Gasteiger partial charge in [-0.2, -0.15) is 0 Å². The van der Waals surface area contributed by atoms with E-state index in [9.17, 15) is 9.90 Å². The summed E-state index contributed by atoms with van der Waals surface area (Å²) in [6.45, 7) is 15.6. The number of ether oxygens (including phenoxy) is 3. The number of anilines is 1. The second-order valence-electron chi connectivity index (χ2n) is 15.5. The Morgan fingerprint density at radius 1 is 1.10 bits per heavy atom. The molecule has 0 radical (unpaired) electrons. The van der Waals surface area contributed by atoms with E-state index in [1.54, 1.807) is 0 Å². The number of carboxylic acid groups (broad SMARTS) is 1. The van der Waals surface area contributed by atoms with Crippen molar-refractivity contribution in [3.8, 4) is 28.1 Å². The number of aromatic nitrogens is 3. The Balaban J connectivity index is 1.25. The number of fused-ring (bicyclic) bond motifs is 3. The lowest BCUT2D eigenvalue weighted by molar-refractivity contribution is -0.160. The number of carbonyl (C=O) groups is 1. The predicted molar refractivity (Wildman–Crippen MR) is 189 cm³/mol. The highest BCUT2D eigenvalue weighted by molar-refractivity contribution is 6.01. The van der Waals surface area contributed by atoms with Gasteiger partial charge in [-0.3, -0.25) is 4.90 Å². The Bertz CT molecular complexity index is 1990. The largest absolute Gasteiger partial charge is 0.490 e. The topological polar surface area (TPSA) is 102 Å². The Hall–Kier alpha value is -4.06. The van der Waals surface area contributed by atoms with Gasteiger partial charge in [-0.15, -0.1) is 0 Å². The van der Waals surface area contributed by atoms with Crippen molar-refractivity contribution in [3.63, 3.8) is 0 Å². The molecule has 3 saturated heterocycles. The van der Waals surface area contributed by atoms with Crippen molar-refractivity contribution in [2.75, 3.05) is 50.9 Å². The molecule has 4 aromatic rings. The summed E-state index contributed by atoms with van der Waals surface area (Å²) in [5.74, 6) is 0.898. The molecule has 1 N–H and O–H groups in total. The van der Waals surface area contributed by atoms with E-state index in [0.29, 0.717) is 58.9 Å². The molecule has 8 rings (SSSR count). The SMILES string of the molecule is Cc1nc2c(cc(-c3ccnc(N4CC5CN(C6COC6)CC5C4)c3)n2C)c(-c2cc(F)c3c(c2C)CCCO3)c1[C@H](OC(C)(C)C)C(=O)O. The zero-order chi connectivity index (χ0) is 35.1. The van der Waals surface area contributed by atoms with Crippen molar-refractivity contribution in [2.24, 2.45) is 18.9 Å². The van der Waals surface area contributed by atoms with Gasteiger partial charge in [0.2, 0.25) is 0 Å². The number of hydrogen-bond acceptors (Lipinski definition) is 8. The molecule has 264 valence electrons. The molecular weight excluding hydrogens is 637 g/mol. The van der Waals surface area contributed by atoms with Crippen LogP contribution in [-0.4, -0.2) is 88.2 Å². The molecule has 0 saturated carbocycles. The van der Waals surface area contributed by atoms with Gasteiger partial charge >= 0.3 is 5.97 Å². The van der Waals surface area contributed by atoms with Crippen molar-refractivity contribution in [2.45, 2.75) is 65.2 Å². The van der Waals surface area contributed by atoms with Crippen molar-refractivity contribution in [1.29, 1.82) is 0 Å². The molecule has 4 aliphatic heterocycles. The number of aryl methyl sites for hydroxylation is 2. The first-order valence-corrected chi connectivity index (χ1v) is 17.8. The van der Waals surface area contributed by atoms with Crippen LogP contribution in [0.5, 0.6) is 5.75 Å². The second-order valence-corrected chi connectivity index (χ2v) is 15.5. The summed E-state index contributed by atoms with van der Waals surface area (Å²) in [5.41, 5.74) is 5.69. The molecule has 50 heavy (non-hydrogen) atoms. The summed E-state index contributed by atoms with van der Waals surface area (Å²) in [5, 5.41) is 11.3. The number of aliphatic carboxylic acids is 1. The van der Waals surface area contributed by atoms with Crippen LogP contribution in [-0.2, 0) is 27.7 Å². The Labute approximate surface area is 292 Å². The fourth-order valence-electron chi connectivity index (χ4n) is 8.55. The maximum atomic E-state index is 15.9. The van der Waals surface area contributed by atoms with Gasteiger partial charge in [0.1, 0.15) is 11.5 Å². The molecule has 4 aliphatic rings. The number of hydrogen-bond donors (Lipinski definition) is 1. The molecule has 3 atom stereocenters. The minimum absolute atomic E-state index is 0.288. The number of halogens is 1. The molecule has 3 fully saturated rings. The average molecular weight is 684 g/mol. The van der Waals surface area contributed by atoms with E-state index in [4.69, 9.17) is 24.2 Å². The third-order valence-corrected chi connectivity index (χ3v) is 11.1. The van der Waals surface area contributed by atoms with Gasteiger partial charge < -0.3 is 28.8 Å². The van der Waals surface area contributed by atoms with E-state index in [0.717, 1.165) is 79.4 Å². The predicted octanol–water partition coefficient (Wildman–Crippen LogP) is 6.09. The lowest BCUT2D eigenvalue weighted by atomic mass is 9.86. The fourth-order valence-corrected chi connectivity index (χ4v) is 8.55. The summed E-state index contributed by atoms with van der Waals surface area (Å²) in [6, 6.07) is 8.27. The van der Waals surface area contributed by atoms with Gasteiger partial charge in [0.05, 0.1) is 37.2 Å². The van der Waals surface area contributed by atoms with Crippen LogP contribution in [0.4, 0.5) is 10.2 Å². The Morgan fingerprint density at radius 2 is 1.84 bits per heavy atom. The lowest BCUT2D eigenvalue weighted by Crippen LogP contribution is -2.48. The smallest absolute Gasteiger partial charge is 0.337 e. The number of rotatable bonds is 7. The first kappa shape index (κ1) is 33.1. The van der Waals surface area contributed by atoms with Crippen LogP contribution in [0.3, 0.4) is 0 Å². The molecule has 0 aliphatic carbocycles. The van der Waals surface area contributed by atoms with Crippen molar-refractivity contribution < 1.29 is 28.5 Å². The van der Waals surface area contributed by atoms with Crippen LogP contribution in [0.1, 0.15) is 55.7 Å². The number of nitrogens with zero attached hydrogens (tertiary/aromatic N) is 5. The third kappa shape index (κ3) is 5.63. The van der Waals surface area contributed by atoms with Crippen LogP contribution in [0.25, 0.3) is 33.4 Å². The molecule has 2 unspecified atom stereocenters. The minimum atomic E-state index is -1.32. The van der Waals surface area contributed by atoms with Crippen LogP contribution in [0, 0.1) is 31.5 Å². The summed E-state index contributed by atoms with van der Waals surface area (Å²) in [6.07, 6.45) is 2.00. The molecule has 1 aromatic carbocycles. The monoisotopic (exact) mass is 683 g/mol. The van der Waals surface area contributed by atoms with E-state index in [2.05, 4.69) is 21.9 Å². The standard InChI is InChI=1S/C39H46FN5O5/c1-21-27-8-7-11-49-35(27)30(40)13-28(21)34-29-14-31(43(6)37(29)42-22(2)33(34)36(38(46)47)50-39(3,4)5)23-9-10-41-32(12-23)45-17-24-15-44(16-25(24)18-45)26-19-48-20-26/h9-10,12-14,24-26,36H,7-8,11,15-20H2,1-6H3,(H,46,47)/t24?,25?,36-/m0/s1. The molecule has 7 heterocycles. The molecule has 10 nitrogen and oxygen atoms in total. The maximum Gasteiger partial charge on any atom is 0.337 e. The zero-order valence-electron chi connectivity index (χ0n) is 29.8.